The summed E-state index contributed by atoms with van der Waals surface area (Å²) >= 11 is 3.41. The van der Waals surface area contributed by atoms with Crippen molar-refractivity contribution in [2.45, 2.75) is 19.8 Å². The Morgan fingerprint density at radius 3 is 2.80 bits per heavy atom. The van der Waals surface area contributed by atoms with E-state index in [1.54, 1.807) is 0 Å². The summed E-state index contributed by atoms with van der Waals surface area (Å²) in [7, 11) is 0. The molecule has 0 spiro atoms. The van der Waals surface area contributed by atoms with Crippen LogP contribution >= 0.6 is 15.9 Å². The molecule has 0 atom stereocenters. The average Bonchev–Trinajstić information content (AvgIpc) is 2.47. The minimum absolute atomic E-state index is 0.0103. The van der Waals surface area contributed by atoms with Crippen LogP contribution < -0.4 is 4.90 Å². The molecule has 4 nitrogen and oxygen atoms in total. The van der Waals surface area contributed by atoms with Crippen LogP contribution in [0.2, 0.25) is 0 Å². The van der Waals surface area contributed by atoms with E-state index in [-0.39, 0.29) is 11.9 Å². The molecule has 0 unspecified atom stereocenters. The molecule has 0 radical (unpaired) electrons. The van der Waals surface area contributed by atoms with Crippen LogP contribution in [0.5, 0.6) is 0 Å². The van der Waals surface area contributed by atoms with E-state index in [9.17, 15) is 10.1 Å². The largest absolute Gasteiger partial charge is 0.466 e. The summed E-state index contributed by atoms with van der Waals surface area (Å²) < 4.78 is 5.88. The van der Waals surface area contributed by atoms with Gasteiger partial charge in [0.15, 0.2) is 0 Å². The van der Waals surface area contributed by atoms with E-state index in [1.165, 1.54) is 0 Å². The Hall–Kier alpha value is -1.54. The van der Waals surface area contributed by atoms with Crippen LogP contribution in [0.25, 0.3) is 0 Å². The molecule has 0 amide bonds. The van der Waals surface area contributed by atoms with Gasteiger partial charge in [0.1, 0.15) is 6.07 Å². The van der Waals surface area contributed by atoms with Crippen molar-refractivity contribution in [3.05, 3.63) is 28.2 Å². The van der Waals surface area contributed by atoms with E-state index in [4.69, 9.17) is 4.74 Å². The molecule has 20 heavy (non-hydrogen) atoms. The molecule has 0 aromatic heterocycles. The lowest BCUT2D eigenvalue weighted by molar-refractivity contribution is -0.148. The highest BCUT2D eigenvalue weighted by Crippen LogP contribution is 2.30. The molecule has 1 saturated heterocycles. The topological polar surface area (TPSA) is 53.3 Å². The lowest BCUT2D eigenvalue weighted by atomic mass is 9.96. The number of ether oxygens (including phenoxy) is 1. The third kappa shape index (κ3) is 3.13. The number of rotatable bonds is 3. The molecule has 0 bridgehead atoms. The Bertz CT molecular complexity index is 531. The molecule has 0 N–H and O–H groups in total. The van der Waals surface area contributed by atoms with Gasteiger partial charge < -0.3 is 9.64 Å². The number of carbonyl (C=O) groups is 1. The van der Waals surface area contributed by atoms with Crippen LogP contribution in [0, 0.1) is 17.2 Å². The number of anilines is 1. The maximum absolute atomic E-state index is 11.7. The number of carbonyl (C=O) groups excluding carboxylic acids is 1. The predicted octanol–water partition coefficient (Wildman–Crippen LogP) is 3.10. The summed E-state index contributed by atoms with van der Waals surface area (Å²) in [5, 5.41) is 9.26. The monoisotopic (exact) mass is 336 g/mol. The van der Waals surface area contributed by atoms with Crippen LogP contribution in [0.1, 0.15) is 25.3 Å². The number of esters is 1. The number of hydrogen-bond donors (Lipinski definition) is 0. The molecule has 0 aliphatic carbocycles. The van der Waals surface area contributed by atoms with Gasteiger partial charge in [-0.1, -0.05) is 6.07 Å². The van der Waals surface area contributed by atoms with Crippen molar-refractivity contribution in [3.63, 3.8) is 0 Å². The number of piperidine rings is 1. The lowest BCUT2D eigenvalue weighted by Gasteiger charge is -2.33. The first kappa shape index (κ1) is 14.9. The minimum atomic E-state index is -0.0955. The maximum atomic E-state index is 11.7. The molecule has 2 rings (SSSR count). The molecule has 1 aliphatic heterocycles. The van der Waals surface area contributed by atoms with E-state index >= 15 is 0 Å². The normalized spacial score (nSPS) is 15.8. The first-order valence-corrected chi connectivity index (χ1v) is 7.56. The molecule has 1 fully saturated rings. The van der Waals surface area contributed by atoms with Crippen molar-refractivity contribution in [2.24, 2.45) is 5.92 Å². The Labute approximate surface area is 127 Å². The third-order valence-electron chi connectivity index (χ3n) is 3.56. The van der Waals surface area contributed by atoms with E-state index in [2.05, 4.69) is 26.9 Å². The molecule has 1 aromatic rings. The highest BCUT2D eigenvalue weighted by atomic mass is 79.9. The van der Waals surface area contributed by atoms with Gasteiger partial charge in [0.2, 0.25) is 0 Å². The molecule has 1 heterocycles. The fourth-order valence-corrected chi connectivity index (χ4v) is 2.95. The van der Waals surface area contributed by atoms with E-state index < -0.39 is 0 Å². The number of nitriles is 1. The van der Waals surface area contributed by atoms with Gasteiger partial charge in [-0.3, -0.25) is 4.79 Å². The van der Waals surface area contributed by atoms with Crippen LogP contribution in [0.3, 0.4) is 0 Å². The second-order valence-corrected chi connectivity index (χ2v) is 5.61. The fourth-order valence-electron chi connectivity index (χ4n) is 2.50. The standard InChI is InChI=1S/C15H17BrN2O2/c1-2-20-15(19)11-6-8-18(9-7-11)14-5-3-4-13(16)12(14)10-17/h3-5,11H,2,6-9H2,1H3. The van der Waals surface area contributed by atoms with Crippen molar-refractivity contribution in [2.75, 3.05) is 24.6 Å². The summed E-state index contributed by atoms with van der Waals surface area (Å²) in [6.07, 6.45) is 1.55. The van der Waals surface area contributed by atoms with Crippen molar-refractivity contribution < 1.29 is 9.53 Å². The molecule has 5 heteroatoms. The van der Waals surface area contributed by atoms with Crippen LogP contribution in [0.4, 0.5) is 5.69 Å². The Morgan fingerprint density at radius 1 is 1.50 bits per heavy atom. The number of benzene rings is 1. The second-order valence-electron chi connectivity index (χ2n) is 4.76. The van der Waals surface area contributed by atoms with Crippen molar-refractivity contribution in [1.82, 2.24) is 0 Å². The fraction of sp³-hybridized carbons (Fsp3) is 0.467. The Morgan fingerprint density at radius 2 is 2.20 bits per heavy atom. The van der Waals surface area contributed by atoms with Gasteiger partial charge >= 0.3 is 5.97 Å². The Balaban J connectivity index is 2.06. The SMILES string of the molecule is CCOC(=O)C1CCN(c2cccc(Br)c2C#N)CC1. The maximum Gasteiger partial charge on any atom is 0.309 e. The van der Waals surface area contributed by atoms with Gasteiger partial charge in [0, 0.05) is 17.6 Å². The lowest BCUT2D eigenvalue weighted by Crippen LogP contribution is -2.37. The number of halogens is 1. The molecule has 0 saturated carbocycles. The molecular weight excluding hydrogens is 320 g/mol. The van der Waals surface area contributed by atoms with Gasteiger partial charge in [-0.05, 0) is 47.8 Å². The van der Waals surface area contributed by atoms with Crippen molar-refractivity contribution in [3.8, 4) is 6.07 Å². The summed E-state index contributed by atoms with van der Waals surface area (Å²) in [4.78, 5) is 13.9. The van der Waals surface area contributed by atoms with Crippen molar-refractivity contribution >= 4 is 27.6 Å². The van der Waals surface area contributed by atoms with Crippen LogP contribution in [0.15, 0.2) is 22.7 Å². The first-order chi connectivity index (χ1) is 9.67. The first-order valence-electron chi connectivity index (χ1n) is 6.77. The number of nitrogens with zero attached hydrogens (tertiary/aromatic N) is 2. The molecular formula is C15H17BrN2O2. The van der Waals surface area contributed by atoms with Crippen LogP contribution in [-0.2, 0) is 9.53 Å². The number of hydrogen-bond acceptors (Lipinski definition) is 4. The van der Waals surface area contributed by atoms with E-state index in [0.717, 1.165) is 36.1 Å². The van der Waals surface area contributed by atoms with E-state index in [0.29, 0.717) is 12.2 Å². The van der Waals surface area contributed by atoms with Crippen molar-refractivity contribution in [1.29, 1.82) is 5.26 Å². The quantitative estimate of drug-likeness (QED) is 0.796. The zero-order valence-electron chi connectivity index (χ0n) is 11.4. The molecule has 1 aromatic carbocycles. The highest BCUT2D eigenvalue weighted by molar-refractivity contribution is 9.10. The smallest absolute Gasteiger partial charge is 0.309 e. The zero-order valence-corrected chi connectivity index (χ0v) is 13.0. The summed E-state index contributed by atoms with van der Waals surface area (Å²) in [5.74, 6) is -0.106. The highest BCUT2D eigenvalue weighted by Gasteiger charge is 2.27. The average molecular weight is 337 g/mol. The Kier molecular flexibility index (Phi) is 5.02. The van der Waals surface area contributed by atoms with Crippen LogP contribution in [-0.4, -0.2) is 25.7 Å². The second kappa shape index (κ2) is 6.76. The predicted molar refractivity (Wildman–Crippen MR) is 80.4 cm³/mol. The van der Waals surface area contributed by atoms with E-state index in [1.807, 2.05) is 25.1 Å². The van der Waals surface area contributed by atoms with Gasteiger partial charge in [0.25, 0.3) is 0 Å². The van der Waals surface area contributed by atoms with Gasteiger partial charge in [-0.15, -0.1) is 0 Å². The van der Waals surface area contributed by atoms with Gasteiger partial charge in [0.05, 0.1) is 23.8 Å². The third-order valence-corrected chi connectivity index (χ3v) is 4.22. The molecule has 1 aliphatic rings. The van der Waals surface area contributed by atoms with Gasteiger partial charge in [-0.2, -0.15) is 5.26 Å². The molecule has 106 valence electrons. The minimum Gasteiger partial charge on any atom is -0.466 e. The summed E-state index contributed by atoms with van der Waals surface area (Å²) in [6.45, 7) is 3.81. The van der Waals surface area contributed by atoms with Gasteiger partial charge in [-0.25, -0.2) is 0 Å². The summed E-state index contributed by atoms with van der Waals surface area (Å²) in [6, 6.07) is 7.98. The zero-order chi connectivity index (χ0) is 14.5. The summed E-state index contributed by atoms with van der Waals surface area (Å²) in [5.41, 5.74) is 1.59.